The largest absolute Gasteiger partial charge is 0.508 e. The Hall–Kier alpha value is -2.16. The molecule has 2 unspecified atom stereocenters. The summed E-state index contributed by atoms with van der Waals surface area (Å²) in [4.78, 5) is 21.5. The number of aliphatic hydroxyl groups is 2. The summed E-state index contributed by atoms with van der Waals surface area (Å²) in [6, 6.07) is 7.31. The number of aromatic hydroxyl groups is 1. The molecule has 1 aliphatic carbocycles. The van der Waals surface area contributed by atoms with E-state index in [4.69, 9.17) is 15.3 Å². The molecule has 2 rings (SSSR count). The molecule has 1 aromatic rings. The van der Waals surface area contributed by atoms with Crippen molar-refractivity contribution in [1.29, 1.82) is 0 Å². The van der Waals surface area contributed by atoms with Gasteiger partial charge in [-0.3, -0.25) is 4.79 Å². The van der Waals surface area contributed by atoms with Crippen molar-refractivity contribution in [2.75, 3.05) is 20.6 Å². The van der Waals surface area contributed by atoms with Gasteiger partial charge in [-0.05, 0) is 44.6 Å². The third-order valence-corrected chi connectivity index (χ3v) is 4.86. The van der Waals surface area contributed by atoms with Crippen LogP contribution in [0.15, 0.2) is 24.3 Å². The van der Waals surface area contributed by atoms with E-state index >= 15 is 0 Å². The molecule has 2 atom stereocenters. The first-order valence-electron chi connectivity index (χ1n) is 9.34. The van der Waals surface area contributed by atoms with E-state index in [1.807, 2.05) is 26.2 Å². The maximum atomic E-state index is 11.0. The van der Waals surface area contributed by atoms with Gasteiger partial charge in [0.1, 0.15) is 5.75 Å². The first-order valence-corrected chi connectivity index (χ1v) is 9.34. The molecule has 0 bridgehead atoms. The number of aliphatic carboxylic acids is 2. The zero-order valence-electron chi connectivity index (χ0n) is 16.4. The van der Waals surface area contributed by atoms with Crippen molar-refractivity contribution in [1.82, 2.24) is 4.90 Å². The molecule has 1 aliphatic rings. The second-order valence-electron chi connectivity index (χ2n) is 7.52. The highest BCUT2D eigenvalue weighted by molar-refractivity contribution is 5.79. The molecule has 0 heterocycles. The zero-order chi connectivity index (χ0) is 21.3. The topological polar surface area (TPSA) is 139 Å². The Morgan fingerprint density at radius 2 is 1.61 bits per heavy atom. The van der Waals surface area contributed by atoms with E-state index in [0.717, 1.165) is 37.8 Å². The quantitative estimate of drug-likeness (QED) is 0.468. The van der Waals surface area contributed by atoms with E-state index in [1.165, 1.54) is 6.42 Å². The monoisotopic (exact) mass is 397 g/mol. The van der Waals surface area contributed by atoms with Crippen molar-refractivity contribution in [3.05, 3.63) is 29.8 Å². The first-order chi connectivity index (χ1) is 13.0. The molecule has 0 spiro atoms. The van der Waals surface area contributed by atoms with Gasteiger partial charge >= 0.3 is 11.9 Å². The minimum atomic E-state index is -1.79. The van der Waals surface area contributed by atoms with Gasteiger partial charge < -0.3 is 30.4 Å². The third-order valence-electron chi connectivity index (χ3n) is 4.86. The molecule has 8 heteroatoms. The average molecular weight is 397 g/mol. The number of carboxylic acid groups (broad SMARTS) is 2. The van der Waals surface area contributed by atoms with Crippen LogP contribution >= 0.6 is 0 Å². The van der Waals surface area contributed by atoms with Crippen LogP contribution in [-0.2, 0) is 9.59 Å². The standard InChI is InChI=1S/C16H25NO2.C4H6O5/c1-17(2)12-15(13-6-8-14(18)9-7-13)16(19)10-4-3-5-11-16;5-2(4(8)9)1-3(6)7/h6-9,15,18-19H,3-5,10-12H2,1-2H3;2,5H,1H2,(H,6,7)(H,8,9). The van der Waals surface area contributed by atoms with Gasteiger partial charge in [0.05, 0.1) is 12.0 Å². The van der Waals surface area contributed by atoms with Crippen molar-refractivity contribution in [2.24, 2.45) is 0 Å². The number of benzene rings is 1. The van der Waals surface area contributed by atoms with Crippen molar-refractivity contribution in [2.45, 2.75) is 56.1 Å². The molecule has 0 saturated heterocycles. The molecule has 28 heavy (non-hydrogen) atoms. The summed E-state index contributed by atoms with van der Waals surface area (Å²) in [5.41, 5.74) is 0.523. The number of phenols is 1. The third kappa shape index (κ3) is 7.84. The fourth-order valence-electron chi connectivity index (χ4n) is 3.42. The van der Waals surface area contributed by atoms with E-state index in [1.54, 1.807) is 12.1 Å². The number of phenolic OH excluding ortho intramolecular Hbond substituents is 1. The fourth-order valence-corrected chi connectivity index (χ4v) is 3.42. The predicted molar refractivity (Wildman–Crippen MR) is 103 cm³/mol. The summed E-state index contributed by atoms with van der Waals surface area (Å²) < 4.78 is 0. The number of carbonyl (C=O) groups is 2. The molecular weight excluding hydrogens is 366 g/mol. The van der Waals surface area contributed by atoms with Crippen LogP contribution in [0.25, 0.3) is 0 Å². The van der Waals surface area contributed by atoms with Crippen LogP contribution in [0.3, 0.4) is 0 Å². The van der Waals surface area contributed by atoms with Gasteiger partial charge in [0.15, 0.2) is 6.10 Å². The number of carboxylic acids is 2. The Balaban J connectivity index is 0.000000370. The van der Waals surface area contributed by atoms with Gasteiger partial charge in [0, 0.05) is 12.5 Å². The highest BCUT2D eigenvalue weighted by atomic mass is 16.4. The number of likely N-dealkylation sites (N-methyl/N-ethyl adjacent to an activating group) is 1. The molecular formula is C20H31NO7. The molecule has 0 aliphatic heterocycles. The van der Waals surface area contributed by atoms with E-state index in [2.05, 4.69) is 4.90 Å². The molecule has 1 aromatic carbocycles. The smallest absolute Gasteiger partial charge is 0.333 e. The lowest BCUT2D eigenvalue weighted by atomic mass is 9.72. The predicted octanol–water partition coefficient (Wildman–Crippen LogP) is 1.64. The minimum Gasteiger partial charge on any atom is -0.508 e. The SMILES string of the molecule is CN(C)CC(c1ccc(O)cc1)C1(O)CCCCC1.O=C(O)CC(O)C(=O)O. The summed E-state index contributed by atoms with van der Waals surface area (Å²) in [5, 5.41) is 44.6. The second kappa shape index (κ2) is 11.0. The van der Waals surface area contributed by atoms with Gasteiger partial charge in [0.25, 0.3) is 0 Å². The van der Waals surface area contributed by atoms with Gasteiger partial charge in [-0.15, -0.1) is 0 Å². The van der Waals surface area contributed by atoms with Crippen molar-refractivity contribution < 1.29 is 35.1 Å². The van der Waals surface area contributed by atoms with E-state index in [9.17, 15) is 19.8 Å². The van der Waals surface area contributed by atoms with Crippen LogP contribution < -0.4 is 0 Å². The lowest BCUT2D eigenvalue weighted by molar-refractivity contribution is -0.152. The second-order valence-corrected chi connectivity index (χ2v) is 7.52. The first kappa shape index (κ1) is 23.9. The van der Waals surface area contributed by atoms with E-state index in [0.29, 0.717) is 0 Å². The highest BCUT2D eigenvalue weighted by Gasteiger charge is 2.38. The van der Waals surface area contributed by atoms with Crippen molar-refractivity contribution >= 4 is 11.9 Å². The van der Waals surface area contributed by atoms with Crippen LogP contribution in [0.5, 0.6) is 5.75 Å². The summed E-state index contributed by atoms with van der Waals surface area (Å²) in [6.45, 7) is 0.835. The number of rotatable bonds is 7. The molecule has 0 amide bonds. The fraction of sp³-hybridized carbons (Fsp3) is 0.600. The van der Waals surface area contributed by atoms with Crippen LogP contribution in [0.4, 0.5) is 0 Å². The van der Waals surface area contributed by atoms with Crippen LogP contribution in [0, 0.1) is 0 Å². The summed E-state index contributed by atoms with van der Waals surface area (Å²) in [5.74, 6) is -2.45. The Bertz CT molecular complexity index is 624. The van der Waals surface area contributed by atoms with E-state index < -0.39 is 30.1 Å². The summed E-state index contributed by atoms with van der Waals surface area (Å²) in [7, 11) is 4.08. The Kier molecular flexibility index (Phi) is 9.37. The van der Waals surface area contributed by atoms with Crippen molar-refractivity contribution in [3.8, 4) is 5.75 Å². The number of hydrogen-bond acceptors (Lipinski definition) is 6. The maximum absolute atomic E-state index is 11.0. The van der Waals surface area contributed by atoms with Gasteiger partial charge in [-0.2, -0.15) is 0 Å². The average Bonchev–Trinajstić information content (AvgIpc) is 2.61. The highest BCUT2D eigenvalue weighted by Crippen LogP contribution is 2.40. The normalized spacial score (nSPS) is 17.9. The Morgan fingerprint density at radius 3 is 2.00 bits per heavy atom. The zero-order valence-corrected chi connectivity index (χ0v) is 16.4. The minimum absolute atomic E-state index is 0.114. The maximum Gasteiger partial charge on any atom is 0.333 e. The van der Waals surface area contributed by atoms with Crippen LogP contribution in [0.1, 0.15) is 50.0 Å². The summed E-state index contributed by atoms with van der Waals surface area (Å²) in [6.07, 6.45) is 2.67. The van der Waals surface area contributed by atoms with Crippen LogP contribution in [-0.4, -0.2) is 74.7 Å². The Morgan fingerprint density at radius 1 is 1.07 bits per heavy atom. The molecule has 5 N–H and O–H groups in total. The van der Waals surface area contributed by atoms with Gasteiger partial charge in [0.2, 0.25) is 0 Å². The number of aliphatic hydroxyl groups excluding tert-OH is 1. The molecule has 1 fully saturated rings. The Labute approximate surface area is 165 Å². The van der Waals surface area contributed by atoms with Gasteiger partial charge in [-0.1, -0.05) is 31.4 Å². The summed E-state index contributed by atoms with van der Waals surface area (Å²) >= 11 is 0. The number of nitrogens with zero attached hydrogens (tertiary/aromatic N) is 1. The molecule has 1 saturated carbocycles. The molecule has 158 valence electrons. The lowest BCUT2D eigenvalue weighted by Crippen LogP contribution is -2.42. The molecule has 8 nitrogen and oxygen atoms in total. The molecule has 0 radical (unpaired) electrons. The van der Waals surface area contributed by atoms with Crippen LogP contribution in [0.2, 0.25) is 0 Å². The molecule has 0 aromatic heterocycles. The van der Waals surface area contributed by atoms with Crippen molar-refractivity contribution in [3.63, 3.8) is 0 Å². The lowest BCUT2D eigenvalue weighted by Gasteiger charge is -2.40. The van der Waals surface area contributed by atoms with E-state index in [-0.39, 0.29) is 11.7 Å². The number of hydrogen-bond donors (Lipinski definition) is 5. The van der Waals surface area contributed by atoms with Gasteiger partial charge in [-0.25, -0.2) is 4.79 Å².